The fraction of sp³-hybridized carbons (Fsp3) is 0.174. The summed E-state index contributed by atoms with van der Waals surface area (Å²) >= 11 is 5.02. The lowest BCUT2D eigenvalue weighted by Crippen LogP contribution is -2.49. The topological polar surface area (TPSA) is 92.6 Å². The van der Waals surface area contributed by atoms with E-state index in [0.717, 1.165) is 5.56 Å². The van der Waals surface area contributed by atoms with Gasteiger partial charge in [0, 0.05) is 5.56 Å². The van der Waals surface area contributed by atoms with Gasteiger partial charge in [-0.25, -0.2) is 0 Å². The molecule has 31 heavy (non-hydrogen) atoms. The molecule has 160 valence electrons. The highest BCUT2D eigenvalue weighted by Gasteiger charge is 2.14. The predicted octanol–water partition coefficient (Wildman–Crippen LogP) is 3.78. The van der Waals surface area contributed by atoms with Crippen LogP contribution in [-0.4, -0.2) is 23.5 Å². The third-order valence-corrected chi connectivity index (χ3v) is 4.55. The van der Waals surface area contributed by atoms with Gasteiger partial charge in [-0.3, -0.25) is 25.8 Å². The van der Waals surface area contributed by atoms with Crippen LogP contribution in [0.1, 0.15) is 35.9 Å². The second kappa shape index (κ2) is 10.4. The van der Waals surface area contributed by atoms with Gasteiger partial charge in [-0.05, 0) is 48.0 Å². The molecule has 2 amide bonds. The van der Waals surface area contributed by atoms with Gasteiger partial charge < -0.3 is 9.15 Å². The molecule has 3 aromatic rings. The number of ether oxygens (including phenoxy) is 1. The largest absolute Gasteiger partial charge is 0.484 e. The van der Waals surface area contributed by atoms with Crippen LogP contribution in [0, 0.1) is 0 Å². The molecule has 8 heteroatoms. The van der Waals surface area contributed by atoms with E-state index in [-0.39, 0.29) is 17.5 Å². The molecule has 0 radical (unpaired) electrons. The van der Waals surface area contributed by atoms with Crippen molar-refractivity contribution >= 4 is 29.1 Å². The average Bonchev–Trinajstić information content (AvgIpc) is 3.28. The van der Waals surface area contributed by atoms with Crippen LogP contribution in [0.2, 0.25) is 0 Å². The van der Waals surface area contributed by atoms with Crippen LogP contribution in [0.3, 0.4) is 0 Å². The monoisotopic (exact) mass is 437 g/mol. The molecular weight excluding hydrogens is 414 g/mol. The summed E-state index contributed by atoms with van der Waals surface area (Å²) < 4.78 is 11.0. The van der Waals surface area contributed by atoms with Gasteiger partial charge in [0.2, 0.25) is 0 Å². The number of hydrazine groups is 1. The van der Waals surface area contributed by atoms with Crippen molar-refractivity contribution in [3.8, 4) is 17.1 Å². The Morgan fingerprint density at radius 3 is 2.35 bits per heavy atom. The zero-order chi connectivity index (χ0) is 22.2. The van der Waals surface area contributed by atoms with Gasteiger partial charge in [-0.15, -0.1) is 0 Å². The SMILES string of the molecule is CC(C)c1ccc(OCC(=O)NNC(=S)NC(=O)c2ccc(-c3ccccc3)o2)cc1. The maximum Gasteiger partial charge on any atom is 0.293 e. The summed E-state index contributed by atoms with van der Waals surface area (Å²) in [5.41, 5.74) is 6.87. The number of hydrogen-bond donors (Lipinski definition) is 3. The molecule has 0 aliphatic heterocycles. The second-order valence-electron chi connectivity index (χ2n) is 7.00. The Bertz CT molecular complexity index is 1050. The van der Waals surface area contributed by atoms with E-state index in [4.69, 9.17) is 21.4 Å². The molecule has 1 heterocycles. The van der Waals surface area contributed by atoms with Crippen molar-refractivity contribution in [2.75, 3.05) is 6.61 Å². The lowest BCUT2D eigenvalue weighted by molar-refractivity contribution is -0.123. The van der Waals surface area contributed by atoms with Crippen LogP contribution in [-0.2, 0) is 4.79 Å². The Hall–Kier alpha value is -3.65. The van der Waals surface area contributed by atoms with Crippen molar-refractivity contribution in [1.29, 1.82) is 0 Å². The number of thiocarbonyl (C=S) groups is 1. The molecule has 7 nitrogen and oxygen atoms in total. The first-order valence-electron chi connectivity index (χ1n) is 9.70. The minimum absolute atomic E-state index is 0.0719. The summed E-state index contributed by atoms with van der Waals surface area (Å²) in [5, 5.41) is 2.37. The van der Waals surface area contributed by atoms with Gasteiger partial charge in [-0.2, -0.15) is 0 Å². The Balaban J connectivity index is 1.41. The van der Waals surface area contributed by atoms with Gasteiger partial charge in [-0.1, -0.05) is 56.3 Å². The van der Waals surface area contributed by atoms with E-state index in [2.05, 4.69) is 30.0 Å². The number of furan rings is 1. The number of carbonyl (C=O) groups excluding carboxylic acids is 2. The molecule has 0 atom stereocenters. The summed E-state index contributed by atoms with van der Waals surface area (Å²) in [6.07, 6.45) is 0. The Morgan fingerprint density at radius 1 is 0.968 bits per heavy atom. The zero-order valence-corrected chi connectivity index (χ0v) is 18.0. The number of hydrogen-bond acceptors (Lipinski definition) is 5. The number of nitrogens with one attached hydrogen (secondary N) is 3. The van der Waals surface area contributed by atoms with E-state index in [1.165, 1.54) is 5.56 Å². The molecule has 0 aliphatic rings. The third-order valence-electron chi connectivity index (χ3n) is 4.35. The minimum atomic E-state index is -0.532. The van der Waals surface area contributed by atoms with Crippen molar-refractivity contribution in [2.45, 2.75) is 19.8 Å². The molecule has 0 fully saturated rings. The van der Waals surface area contributed by atoms with Crippen LogP contribution in [0.15, 0.2) is 71.1 Å². The Labute approximate surface area is 185 Å². The first kappa shape index (κ1) is 22.0. The van der Waals surface area contributed by atoms with Gasteiger partial charge in [0.15, 0.2) is 17.5 Å². The van der Waals surface area contributed by atoms with Crippen LogP contribution in [0.5, 0.6) is 5.75 Å². The molecule has 3 rings (SSSR count). The average molecular weight is 438 g/mol. The normalized spacial score (nSPS) is 10.4. The zero-order valence-electron chi connectivity index (χ0n) is 17.2. The van der Waals surface area contributed by atoms with Crippen LogP contribution in [0.4, 0.5) is 0 Å². The van der Waals surface area contributed by atoms with Crippen molar-refractivity contribution in [2.24, 2.45) is 0 Å². The van der Waals surface area contributed by atoms with Gasteiger partial charge in [0.25, 0.3) is 11.8 Å². The minimum Gasteiger partial charge on any atom is -0.484 e. The fourth-order valence-electron chi connectivity index (χ4n) is 2.67. The summed E-state index contributed by atoms with van der Waals surface area (Å²) in [6.45, 7) is 4.00. The van der Waals surface area contributed by atoms with Crippen molar-refractivity contribution in [3.63, 3.8) is 0 Å². The van der Waals surface area contributed by atoms with E-state index >= 15 is 0 Å². The predicted molar refractivity (Wildman–Crippen MR) is 122 cm³/mol. The van der Waals surface area contributed by atoms with E-state index in [1.807, 2.05) is 54.6 Å². The van der Waals surface area contributed by atoms with Crippen LogP contribution < -0.4 is 20.9 Å². The maximum absolute atomic E-state index is 12.3. The third kappa shape index (κ3) is 6.42. The van der Waals surface area contributed by atoms with Gasteiger partial charge in [0.1, 0.15) is 11.5 Å². The fourth-order valence-corrected chi connectivity index (χ4v) is 2.82. The van der Waals surface area contributed by atoms with Crippen molar-refractivity contribution < 1.29 is 18.7 Å². The van der Waals surface area contributed by atoms with Crippen LogP contribution >= 0.6 is 12.2 Å². The van der Waals surface area contributed by atoms with E-state index < -0.39 is 11.8 Å². The first-order valence-corrected chi connectivity index (χ1v) is 10.1. The van der Waals surface area contributed by atoms with Crippen LogP contribution in [0.25, 0.3) is 11.3 Å². The number of rotatable bonds is 6. The molecule has 3 N–H and O–H groups in total. The summed E-state index contributed by atoms with van der Waals surface area (Å²) in [4.78, 5) is 24.2. The highest BCUT2D eigenvalue weighted by atomic mass is 32.1. The van der Waals surface area contributed by atoms with E-state index in [1.54, 1.807) is 12.1 Å². The molecule has 0 bridgehead atoms. The second-order valence-corrected chi connectivity index (χ2v) is 7.41. The summed E-state index contributed by atoms with van der Waals surface area (Å²) in [7, 11) is 0. The molecule has 2 aromatic carbocycles. The first-order chi connectivity index (χ1) is 14.9. The molecule has 0 saturated heterocycles. The van der Waals surface area contributed by atoms with Crippen molar-refractivity contribution in [1.82, 2.24) is 16.2 Å². The van der Waals surface area contributed by atoms with Crippen molar-refractivity contribution in [3.05, 3.63) is 78.1 Å². The molecule has 1 aromatic heterocycles. The number of amides is 2. The lowest BCUT2D eigenvalue weighted by Gasteiger charge is -2.11. The molecule has 0 spiro atoms. The smallest absolute Gasteiger partial charge is 0.293 e. The highest BCUT2D eigenvalue weighted by Crippen LogP contribution is 2.21. The Morgan fingerprint density at radius 2 is 1.68 bits per heavy atom. The summed E-state index contributed by atoms with van der Waals surface area (Å²) in [6, 6.07) is 20.2. The van der Waals surface area contributed by atoms with Gasteiger partial charge >= 0.3 is 0 Å². The van der Waals surface area contributed by atoms with Gasteiger partial charge in [0.05, 0.1) is 0 Å². The molecule has 0 saturated carbocycles. The number of benzene rings is 2. The maximum atomic E-state index is 12.3. The molecular formula is C23H23N3O4S. The quantitative estimate of drug-likeness (QED) is 0.401. The summed E-state index contributed by atoms with van der Waals surface area (Å²) in [5.74, 6) is 0.690. The van der Waals surface area contributed by atoms with E-state index in [0.29, 0.717) is 17.4 Å². The highest BCUT2D eigenvalue weighted by molar-refractivity contribution is 7.80. The Kier molecular flexibility index (Phi) is 7.40. The molecule has 0 unspecified atom stereocenters. The van der Waals surface area contributed by atoms with E-state index in [9.17, 15) is 9.59 Å². The molecule has 0 aliphatic carbocycles. The standard InChI is InChI=1S/C23H23N3O4S/c1-15(2)16-8-10-18(11-9-16)29-14-21(27)25-26-23(31)24-22(28)20-13-12-19(30-20)17-6-4-3-5-7-17/h3-13,15H,14H2,1-2H3,(H,25,27)(H2,24,26,28,31). The number of carbonyl (C=O) groups is 2. The lowest BCUT2D eigenvalue weighted by atomic mass is 10.0.